The van der Waals surface area contributed by atoms with Crippen LogP contribution in [-0.4, -0.2) is 44.8 Å². The van der Waals surface area contributed by atoms with Gasteiger partial charge >= 0.3 is 0 Å². The first-order chi connectivity index (χ1) is 14.1. The minimum Gasteiger partial charge on any atom is -0.353 e. The molecule has 0 saturated heterocycles. The van der Waals surface area contributed by atoms with Crippen molar-refractivity contribution in [2.75, 3.05) is 6.54 Å². The highest BCUT2D eigenvalue weighted by atomic mass is 16.2. The van der Waals surface area contributed by atoms with E-state index in [1.165, 1.54) is 5.56 Å². The third kappa shape index (κ3) is 3.96. The molecular weight excluding hydrogens is 362 g/mol. The highest BCUT2D eigenvalue weighted by Gasteiger charge is 2.49. The zero-order valence-corrected chi connectivity index (χ0v) is 17.0. The molecule has 1 aromatic heterocycles. The molecular formula is C24H29N3O2. The van der Waals surface area contributed by atoms with Gasteiger partial charge in [0.05, 0.1) is 6.54 Å². The minimum absolute atomic E-state index is 0.0491. The Labute approximate surface area is 172 Å². The van der Waals surface area contributed by atoms with E-state index in [1.807, 2.05) is 47.3 Å². The van der Waals surface area contributed by atoms with Crippen molar-refractivity contribution in [1.29, 1.82) is 0 Å². The maximum absolute atomic E-state index is 13.2. The molecule has 1 aromatic carbocycles. The Hall–Kier alpha value is -2.56. The summed E-state index contributed by atoms with van der Waals surface area (Å²) in [6, 6.07) is 15.0. The Bertz CT molecular complexity index is 898. The predicted molar refractivity (Wildman–Crippen MR) is 111 cm³/mol. The van der Waals surface area contributed by atoms with Gasteiger partial charge in [0, 0.05) is 36.9 Å². The molecule has 2 amide bonds. The number of hydrogen-bond donors (Lipinski definition) is 0. The predicted octanol–water partition coefficient (Wildman–Crippen LogP) is 3.31. The molecule has 0 radical (unpaired) electrons. The van der Waals surface area contributed by atoms with Crippen LogP contribution in [0.3, 0.4) is 0 Å². The summed E-state index contributed by atoms with van der Waals surface area (Å²) in [5.74, 6) is 0.659. The Morgan fingerprint density at radius 3 is 2.28 bits per heavy atom. The van der Waals surface area contributed by atoms with Crippen LogP contribution in [-0.2, 0) is 23.2 Å². The molecule has 3 saturated carbocycles. The summed E-state index contributed by atoms with van der Waals surface area (Å²) < 4.78 is 2.07. The Morgan fingerprint density at radius 1 is 0.966 bits per heavy atom. The molecule has 0 aliphatic heterocycles. The van der Waals surface area contributed by atoms with Gasteiger partial charge in [-0.05, 0) is 55.7 Å². The molecule has 0 unspecified atom stereocenters. The Kier molecular flexibility index (Phi) is 4.69. The Morgan fingerprint density at radius 2 is 1.66 bits per heavy atom. The summed E-state index contributed by atoms with van der Waals surface area (Å²) >= 11 is 0. The maximum atomic E-state index is 13.2. The van der Waals surface area contributed by atoms with Gasteiger partial charge in [0.25, 0.3) is 0 Å². The molecule has 0 N–H and O–H groups in total. The van der Waals surface area contributed by atoms with Gasteiger partial charge in [-0.2, -0.15) is 0 Å². The summed E-state index contributed by atoms with van der Waals surface area (Å²) in [6.45, 7) is 0.873. The second-order valence-electron chi connectivity index (χ2n) is 8.92. The van der Waals surface area contributed by atoms with Crippen molar-refractivity contribution >= 4 is 11.8 Å². The van der Waals surface area contributed by atoms with Gasteiger partial charge in [0.1, 0.15) is 6.54 Å². The Balaban J connectivity index is 1.26. The average Bonchev–Trinajstić information content (AvgIpc) is 3.61. The maximum Gasteiger partial charge on any atom is 0.242 e. The first-order valence-corrected chi connectivity index (χ1v) is 10.9. The van der Waals surface area contributed by atoms with E-state index in [-0.39, 0.29) is 30.3 Å². The molecule has 5 rings (SSSR count). The largest absolute Gasteiger partial charge is 0.353 e. The number of aromatic nitrogens is 1. The molecule has 3 aliphatic carbocycles. The van der Waals surface area contributed by atoms with Crippen LogP contribution in [0.2, 0.25) is 0 Å². The lowest BCUT2D eigenvalue weighted by molar-refractivity contribution is -0.142. The summed E-state index contributed by atoms with van der Waals surface area (Å²) in [5, 5.41) is 0. The lowest BCUT2D eigenvalue weighted by Gasteiger charge is -2.28. The van der Waals surface area contributed by atoms with Crippen LogP contribution >= 0.6 is 0 Å². The molecule has 29 heavy (non-hydrogen) atoms. The SMILES string of the molecule is Cn1cccc1CN(C(=O)CN(C(=O)[C@H]1C[C@H]1c1ccccc1)C1CC1)C1CC1. The van der Waals surface area contributed by atoms with Crippen molar-refractivity contribution in [1.82, 2.24) is 14.4 Å². The number of benzene rings is 1. The molecule has 5 heteroatoms. The van der Waals surface area contributed by atoms with Crippen LogP contribution in [0, 0.1) is 5.92 Å². The van der Waals surface area contributed by atoms with E-state index in [4.69, 9.17) is 0 Å². The van der Waals surface area contributed by atoms with Crippen molar-refractivity contribution in [2.24, 2.45) is 13.0 Å². The molecule has 152 valence electrons. The first-order valence-electron chi connectivity index (χ1n) is 10.9. The number of nitrogens with zero attached hydrogens (tertiary/aromatic N) is 3. The fraction of sp³-hybridized carbons (Fsp3) is 0.500. The van der Waals surface area contributed by atoms with E-state index >= 15 is 0 Å². The quantitative estimate of drug-likeness (QED) is 0.693. The van der Waals surface area contributed by atoms with Crippen LogP contribution < -0.4 is 0 Å². The first kappa shape index (κ1) is 18.5. The molecule has 0 bridgehead atoms. The topological polar surface area (TPSA) is 45.6 Å². The zero-order chi connectivity index (χ0) is 20.0. The van der Waals surface area contributed by atoms with Crippen molar-refractivity contribution in [3.8, 4) is 0 Å². The van der Waals surface area contributed by atoms with E-state index in [1.54, 1.807) is 0 Å². The third-order valence-corrected chi connectivity index (χ3v) is 6.60. The molecule has 2 aromatic rings. The third-order valence-electron chi connectivity index (χ3n) is 6.60. The highest BCUT2D eigenvalue weighted by Crippen LogP contribution is 2.49. The lowest BCUT2D eigenvalue weighted by atomic mass is 10.1. The van der Waals surface area contributed by atoms with Gasteiger partial charge in [0.2, 0.25) is 11.8 Å². The molecule has 5 nitrogen and oxygen atoms in total. The van der Waals surface area contributed by atoms with E-state index in [9.17, 15) is 9.59 Å². The zero-order valence-electron chi connectivity index (χ0n) is 17.0. The van der Waals surface area contributed by atoms with Gasteiger partial charge in [-0.3, -0.25) is 9.59 Å². The second-order valence-corrected chi connectivity index (χ2v) is 8.92. The number of rotatable bonds is 8. The number of carbonyl (C=O) groups is 2. The van der Waals surface area contributed by atoms with Gasteiger partial charge in [-0.25, -0.2) is 0 Å². The highest BCUT2D eigenvalue weighted by molar-refractivity contribution is 5.89. The van der Waals surface area contributed by atoms with Crippen LogP contribution in [0.1, 0.15) is 49.3 Å². The van der Waals surface area contributed by atoms with E-state index in [0.717, 1.165) is 37.8 Å². The summed E-state index contributed by atoms with van der Waals surface area (Å²) in [6.07, 6.45) is 7.14. The second kappa shape index (κ2) is 7.36. The number of amides is 2. The summed E-state index contributed by atoms with van der Waals surface area (Å²) in [5.41, 5.74) is 2.39. The van der Waals surface area contributed by atoms with Crippen LogP contribution in [0.15, 0.2) is 48.7 Å². The summed E-state index contributed by atoms with van der Waals surface area (Å²) in [7, 11) is 2.02. The van der Waals surface area contributed by atoms with E-state index < -0.39 is 0 Å². The fourth-order valence-corrected chi connectivity index (χ4v) is 4.40. The monoisotopic (exact) mass is 391 g/mol. The molecule has 0 spiro atoms. The van der Waals surface area contributed by atoms with Crippen LogP contribution in [0.4, 0.5) is 0 Å². The van der Waals surface area contributed by atoms with Gasteiger partial charge < -0.3 is 14.4 Å². The van der Waals surface area contributed by atoms with Crippen LogP contribution in [0.5, 0.6) is 0 Å². The molecule has 1 heterocycles. The molecule has 2 atom stereocenters. The minimum atomic E-state index is 0.0491. The van der Waals surface area contributed by atoms with Crippen LogP contribution in [0.25, 0.3) is 0 Å². The number of carbonyl (C=O) groups excluding carboxylic acids is 2. The fourth-order valence-electron chi connectivity index (χ4n) is 4.40. The van der Waals surface area contributed by atoms with Gasteiger partial charge in [-0.15, -0.1) is 0 Å². The number of aryl methyl sites for hydroxylation is 1. The van der Waals surface area contributed by atoms with Crippen molar-refractivity contribution < 1.29 is 9.59 Å². The van der Waals surface area contributed by atoms with E-state index in [2.05, 4.69) is 22.8 Å². The van der Waals surface area contributed by atoms with E-state index in [0.29, 0.717) is 18.5 Å². The summed E-state index contributed by atoms with van der Waals surface area (Å²) in [4.78, 5) is 30.4. The number of hydrogen-bond acceptors (Lipinski definition) is 2. The van der Waals surface area contributed by atoms with Crippen molar-refractivity contribution in [3.63, 3.8) is 0 Å². The average molecular weight is 392 g/mol. The van der Waals surface area contributed by atoms with Crippen molar-refractivity contribution in [2.45, 2.75) is 56.7 Å². The van der Waals surface area contributed by atoms with Gasteiger partial charge in [0.15, 0.2) is 0 Å². The smallest absolute Gasteiger partial charge is 0.242 e. The lowest BCUT2D eigenvalue weighted by Crippen LogP contribution is -2.45. The van der Waals surface area contributed by atoms with Gasteiger partial charge in [-0.1, -0.05) is 30.3 Å². The molecule has 3 fully saturated rings. The van der Waals surface area contributed by atoms with Crippen molar-refractivity contribution in [3.05, 3.63) is 59.9 Å². The standard InChI is InChI=1S/C24H29N3O2/c1-25-13-5-8-20(25)15-26(18-9-10-18)23(28)16-27(19-11-12-19)24(29)22-14-21(22)17-6-3-2-4-7-17/h2-8,13,18-19,21-22H,9-12,14-16H2,1H3/t21-,22-/m0/s1. The normalized spacial score (nSPS) is 22.9. The molecule has 3 aliphatic rings.